The standard InChI is InChI=1S/C12H12F5NO5S2/c1-2-9-3-5-10(6-4-9)25(21,22)18-24(19,20)8-23-12(16,17)11(14,15)7-13/h2-6,18H,1,7-8H2. The summed E-state index contributed by atoms with van der Waals surface area (Å²) in [5, 5.41) is 0. The second-order valence-corrected chi connectivity index (χ2v) is 8.20. The minimum Gasteiger partial charge on any atom is -0.298 e. The topological polar surface area (TPSA) is 89.5 Å². The Bertz CT molecular complexity index is 822. The van der Waals surface area contributed by atoms with E-state index in [9.17, 15) is 38.8 Å². The van der Waals surface area contributed by atoms with Crippen molar-refractivity contribution < 1.29 is 43.5 Å². The molecule has 1 rings (SSSR count). The van der Waals surface area contributed by atoms with Crippen molar-refractivity contribution >= 4 is 26.1 Å². The molecule has 0 unspecified atom stereocenters. The Morgan fingerprint density at radius 2 is 1.60 bits per heavy atom. The molecular weight excluding hydrogens is 397 g/mol. The number of alkyl halides is 5. The Labute approximate surface area is 140 Å². The number of ether oxygens (including phenoxy) is 1. The molecule has 0 aliphatic carbocycles. The van der Waals surface area contributed by atoms with Crippen LogP contribution >= 0.6 is 0 Å². The Balaban J connectivity index is 2.91. The monoisotopic (exact) mass is 409 g/mol. The Morgan fingerprint density at radius 3 is 2.04 bits per heavy atom. The molecule has 13 heteroatoms. The van der Waals surface area contributed by atoms with Crippen molar-refractivity contribution in [2.75, 3.05) is 12.6 Å². The summed E-state index contributed by atoms with van der Waals surface area (Å²) < 4.78 is 114. The van der Waals surface area contributed by atoms with E-state index >= 15 is 0 Å². The number of hydrogen-bond donors (Lipinski definition) is 1. The van der Waals surface area contributed by atoms with Crippen molar-refractivity contribution in [3.63, 3.8) is 0 Å². The third kappa shape index (κ3) is 5.45. The van der Waals surface area contributed by atoms with E-state index in [2.05, 4.69) is 11.3 Å². The van der Waals surface area contributed by atoms with Gasteiger partial charge in [-0.2, -0.15) is 17.6 Å². The molecule has 6 nitrogen and oxygen atoms in total. The van der Waals surface area contributed by atoms with Gasteiger partial charge >= 0.3 is 12.0 Å². The van der Waals surface area contributed by atoms with Crippen LogP contribution in [0.25, 0.3) is 6.08 Å². The van der Waals surface area contributed by atoms with E-state index in [0.29, 0.717) is 5.56 Å². The maximum atomic E-state index is 12.9. The smallest absolute Gasteiger partial charge is 0.298 e. The summed E-state index contributed by atoms with van der Waals surface area (Å²) in [4.78, 5) is -0.539. The minimum absolute atomic E-state index is 0.512. The van der Waals surface area contributed by atoms with E-state index < -0.39 is 49.6 Å². The van der Waals surface area contributed by atoms with Crippen molar-refractivity contribution in [2.24, 2.45) is 0 Å². The predicted octanol–water partition coefficient (Wildman–Crippen LogP) is 2.11. The van der Waals surface area contributed by atoms with E-state index in [4.69, 9.17) is 0 Å². The van der Waals surface area contributed by atoms with Gasteiger partial charge in [-0.25, -0.2) is 21.2 Å². The average molecular weight is 409 g/mol. The lowest BCUT2D eigenvalue weighted by Crippen LogP contribution is -2.46. The number of halogens is 5. The summed E-state index contributed by atoms with van der Waals surface area (Å²) in [5.41, 5.74) is 0.512. The molecule has 1 aromatic rings. The van der Waals surface area contributed by atoms with Crippen LogP contribution in [-0.2, 0) is 24.8 Å². The van der Waals surface area contributed by atoms with Crippen molar-refractivity contribution in [1.82, 2.24) is 4.13 Å². The van der Waals surface area contributed by atoms with Gasteiger partial charge in [-0.15, -0.1) is 4.13 Å². The zero-order chi connectivity index (χ0) is 19.5. The molecule has 1 N–H and O–H groups in total. The molecule has 0 saturated heterocycles. The number of rotatable bonds is 9. The molecule has 0 atom stereocenters. The SMILES string of the molecule is C=Cc1ccc(S(=O)(=O)NS(=O)(=O)COC(F)(F)C(F)(F)CF)cc1. The van der Waals surface area contributed by atoms with Gasteiger partial charge in [-0.05, 0) is 17.7 Å². The Morgan fingerprint density at radius 1 is 1.08 bits per heavy atom. The van der Waals surface area contributed by atoms with Crippen LogP contribution in [0.3, 0.4) is 0 Å². The summed E-state index contributed by atoms with van der Waals surface area (Å²) in [7, 11) is -9.83. The molecule has 0 spiro atoms. The fourth-order valence-electron chi connectivity index (χ4n) is 1.36. The van der Waals surface area contributed by atoms with Crippen LogP contribution in [0.15, 0.2) is 35.7 Å². The Kier molecular flexibility index (Phi) is 6.32. The fraction of sp³-hybridized carbons (Fsp3) is 0.333. The first-order chi connectivity index (χ1) is 11.3. The quantitative estimate of drug-likeness (QED) is 0.631. The zero-order valence-electron chi connectivity index (χ0n) is 12.3. The fourth-order valence-corrected chi connectivity index (χ4v) is 4.07. The van der Waals surface area contributed by atoms with Crippen LogP contribution in [0.1, 0.15) is 5.56 Å². The molecule has 0 aliphatic heterocycles. The van der Waals surface area contributed by atoms with Crippen LogP contribution in [0.2, 0.25) is 0 Å². The van der Waals surface area contributed by atoms with E-state index in [1.807, 2.05) is 0 Å². The highest BCUT2D eigenvalue weighted by Crippen LogP contribution is 2.35. The first-order valence-electron chi connectivity index (χ1n) is 6.21. The van der Waals surface area contributed by atoms with E-state index in [-0.39, 0.29) is 0 Å². The lowest BCUT2D eigenvalue weighted by Gasteiger charge is -2.23. The molecular formula is C12H12F5NO5S2. The highest BCUT2D eigenvalue weighted by molar-refractivity contribution is 8.04. The number of benzene rings is 1. The molecule has 25 heavy (non-hydrogen) atoms. The summed E-state index contributed by atoms with van der Waals surface area (Å²) in [6.45, 7) is 0.616. The summed E-state index contributed by atoms with van der Waals surface area (Å²) in [6.07, 6.45) is -4.08. The normalized spacial score (nSPS) is 13.6. The van der Waals surface area contributed by atoms with Gasteiger partial charge in [0.1, 0.15) is 0 Å². The molecule has 0 saturated carbocycles. The van der Waals surface area contributed by atoms with Crippen LogP contribution < -0.4 is 4.13 Å². The van der Waals surface area contributed by atoms with Crippen LogP contribution in [0.5, 0.6) is 0 Å². The molecule has 0 fully saturated rings. The summed E-state index contributed by atoms with van der Waals surface area (Å²) in [6, 6.07) is 4.56. The average Bonchev–Trinajstić information content (AvgIpc) is 2.52. The first kappa shape index (κ1) is 21.5. The lowest BCUT2D eigenvalue weighted by molar-refractivity contribution is -0.343. The zero-order valence-corrected chi connectivity index (χ0v) is 13.9. The van der Waals surface area contributed by atoms with Crippen molar-refractivity contribution in [2.45, 2.75) is 16.9 Å². The first-order valence-corrected chi connectivity index (χ1v) is 9.34. The molecule has 0 aromatic heterocycles. The molecule has 1 aromatic carbocycles. The maximum absolute atomic E-state index is 12.9. The lowest BCUT2D eigenvalue weighted by atomic mass is 10.2. The van der Waals surface area contributed by atoms with Crippen LogP contribution in [0.4, 0.5) is 22.0 Å². The third-order valence-corrected chi connectivity index (χ3v) is 5.87. The number of nitrogens with one attached hydrogen (secondary N) is 1. The molecule has 0 aliphatic rings. The van der Waals surface area contributed by atoms with Gasteiger partial charge < -0.3 is 0 Å². The van der Waals surface area contributed by atoms with Gasteiger partial charge in [0.15, 0.2) is 12.6 Å². The number of sulfonamides is 2. The molecule has 142 valence electrons. The van der Waals surface area contributed by atoms with Crippen LogP contribution in [-0.4, -0.2) is 41.5 Å². The highest BCUT2D eigenvalue weighted by atomic mass is 32.3. The Hall–Kier alpha value is -1.57. The molecule has 0 amide bonds. The third-order valence-electron chi connectivity index (χ3n) is 2.65. The van der Waals surface area contributed by atoms with Gasteiger partial charge in [-0.3, -0.25) is 4.74 Å². The van der Waals surface area contributed by atoms with Crippen molar-refractivity contribution in [3.05, 3.63) is 36.4 Å². The van der Waals surface area contributed by atoms with E-state index in [1.165, 1.54) is 18.2 Å². The van der Waals surface area contributed by atoms with E-state index in [0.717, 1.165) is 16.3 Å². The van der Waals surface area contributed by atoms with Crippen molar-refractivity contribution in [3.8, 4) is 0 Å². The number of hydrogen-bond acceptors (Lipinski definition) is 5. The van der Waals surface area contributed by atoms with Gasteiger partial charge in [0.25, 0.3) is 10.0 Å². The van der Waals surface area contributed by atoms with Gasteiger partial charge in [-0.1, -0.05) is 24.8 Å². The second-order valence-electron chi connectivity index (χ2n) is 4.59. The molecule has 0 heterocycles. The highest BCUT2D eigenvalue weighted by Gasteiger charge is 2.58. The summed E-state index contributed by atoms with van der Waals surface area (Å²) in [5.74, 6) is -7.42. The predicted molar refractivity (Wildman–Crippen MR) is 77.6 cm³/mol. The largest absolute Gasteiger partial charge is 0.423 e. The van der Waals surface area contributed by atoms with Gasteiger partial charge in [0, 0.05) is 0 Å². The molecule has 0 radical (unpaired) electrons. The van der Waals surface area contributed by atoms with Gasteiger partial charge in [0.2, 0.25) is 10.0 Å². The maximum Gasteiger partial charge on any atom is 0.423 e. The summed E-state index contributed by atoms with van der Waals surface area (Å²) >= 11 is 0. The molecule has 0 bridgehead atoms. The van der Waals surface area contributed by atoms with Crippen molar-refractivity contribution in [1.29, 1.82) is 0 Å². The van der Waals surface area contributed by atoms with Crippen LogP contribution in [0, 0.1) is 0 Å². The van der Waals surface area contributed by atoms with Gasteiger partial charge in [0.05, 0.1) is 4.90 Å². The minimum atomic E-state index is -5.45. The second kappa shape index (κ2) is 7.35. The van der Waals surface area contributed by atoms with E-state index in [1.54, 1.807) is 0 Å².